The minimum Gasteiger partial charge on any atom is -0.496 e. The number of amides is 2. The highest BCUT2D eigenvalue weighted by molar-refractivity contribution is 8.00. The van der Waals surface area contributed by atoms with Crippen molar-refractivity contribution in [2.24, 2.45) is 0 Å². The van der Waals surface area contributed by atoms with Crippen LogP contribution in [0, 0.1) is 0 Å². The second kappa shape index (κ2) is 11.9. The van der Waals surface area contributed by atoms with Crippen LogP contribution in [-0.2, 0) is 11.0 Å². The van der Waals surface area contributed by atoms with Gasteiger partial charge in [0.25, 0.3) is 5.91 Å². The van der Waals surface area contributed by atoms with Crippen LogP contribution in [-0.4, -0.2) is 31.3 Å². The van der Waals surface area contributed by atoms with Crippen molar-refractivity contribution < 1.29 is 32.2 Å². The Morgan fingerprint density at radius 1 is 0.917 bits per heavy atom. The molecule has 36 heavy (non-hydrogen) atoms. The van der Waals surface area contributed by atoms with Crippen LogP contribution in [0.3, 0.4) is 0 Å². The summed E-state index contributed by atoms with van der Waals surface area (Å²) in [5.41, 5.74) is -0.499. The molecule has 0 heterocycles. The van der Waals surface area contributed by atoms with Gasteiger partial charge in [0.05, 0.1) is 30.7 Å². The molecule has 3 rings (SSSR count). The van der Waals surface area contributed by atoms with Crippen molar-refractivity contribution in [2.75, 3.05) is 24.9 Å². The van der Waals surface area contributed by atoms with Crippen LogP contribution in [0.5, 0.6) is 11.5 Å². The molecule has 0 radical (unpaired) electrons. The minimum absolute atomic E-state index is 0.231. The maximum Gasteiger partial charge on any atom is 0.418 e. The monoisotopic (exact) mass is 518 g/mol. The van der Waals surface area contributed by atoms with Crippen LogP contribution in [0.2, 0.25) is 0 Å². The van der Waals surface area contributed by atoms with E-state index in [1.165, 1.54) is 44.2 Å². The normalized spacial score (nSPS) is 11.9. The average molecular weight is 519 g/mol. The zero-order chi connectivity index (χ0) is 26.3. The first-order valence-electron chi connectivity index (χ1n) is 10.9. The highest BCUT2D eigenvalue weighted by Crippen LogP contribution is 2.36. The predicted octanol–water partition coefficient (Wildman–Crippen LogP) is 6.48. The number of thioether (sulfide) groups is 1. The molecule has 2 N–H and O–H groups in total. The van der Waals surface area contributed by atoms with Crippen LogP contribution in [0.25, 0.3) is 0 Å². The van der Waals surface area contributed by atoms with Crippen molar-refractivity contribution in [3.63, 3.8) is 0 Å². The lowest BCUT2D eigenvalue weighted by molar-refractivity contribution is -0.137. The van der Waals surface area contributed by atoms with E-state index in [1.54, 1.807) is 49.4 Å². The summed E-state index contributed by atoms with van der Waals surface area (Å²) in [7, 11) is 2.90. The van der Waals surface area contributed by atoms with Gasteiger partial charge in [-0.25, -0.2) is 0 Å². The molecule has 3 aromatic rings. The van der Waals surface area contributed by atoms with E-state index in [9.17, 15) is 22.8 Å². The molecule has 6 nitrogen and oxygen atoms in total. The first-order valence-corrected chi connectivity index (χ1v) is 11.8. The fourth-order valence-corrected chi connectivity index (χ4v) is 4.47. The van der Waals surface area contributed by atoms with Gasteiger partial charge in [0.1, 0.15) is 17.1 Å². The van der Waals surface area contributed by atoms with E-state index >= 15 is 0 Å². The van der Waals surface area contributed by atoms with Crippen LogP contribution < -0.4 is 20.1 Å². The van der Waals surface area contributed by atoms with E-state index in [0.29, 0.717) is 28.5 Å². The standard InChI is InChI=1S/C26H25F3N2O4S/c1-4-22(24(32)31-19-12-6-5-11-18(19)26(27,28)29)36-17-10-7-9-16(15-17)30-25(33)23-20(34-2)13-8-14-21(23)35-3/h5-15,22H,4H2,1-3H3,(H,30,33)(H,31,32). The van der Waals surface area contributed by atoms with Crippen LogP contribution in [0.15, 0.2) is 71.6 Å². The minimum atomic E-state index is -4.59. The lowest BCUT2D eigenvalue weighted by Crippen LogP contribution is -2.26. The summed E-state index contributed by atoms with van der Waals surface area (Å²) in [6.45, 7) is 1.77. The number of anilines is 2. The van der Waals surface area contributed by atoms with Gasteiger partial charge in [-0.1, -0.05) is 31.2 Å². The molecule has 0 aliphatic rings. The van der Waals surface area contributed by atoms with E-state index in [2.05, 4.69) is 10.6 Å². The summed E-state index contributed by atoms with van der Waals surface area (Å²) < 4.78 is 50.4. The van der Waals surface area contributed by atoms with Crippen LogP contribution in [0.4, 0.5) is 24.5 Å². The van der Waals surface area contributed by atoms with Crippen molar-refractivity contribution >= 4 is 35.0 Å². The summed E-state index contributed by atoms with van der Waals surface area (Å²) in [5.74, 6) is -0.300. The number of hydrogen-bond acceptors (Lipinski definition) is 5. The number of methoxy groups -OCH3 is 2. The summed E-state index contributed by atoms with van der Waals surface area (Å²) in [4.78, 5) is 26.4. The molecular formula is C26H25F3N2O4S. The van der Waals surface area contributed by atoms with Gasteiger partial charge in [0.2, 0.25) is 5.91 Å². The number of halogens is 3. The highest BCUT2D eigenvalue weighted by atomic mass is 32.2. The number of nitrogens with one attached hydrogen (secondary N) is 2. The highest BCUT2D eigenvalue weighted by Gasteiger charge is 2.34. The van der Waals surface area contributed by atoms with Crippen molar-refractivity contribution in [3.05, 3.63) is 77.9 Å². The Labute approximate surface area is 211 Å². The Morgan fingerprint density at radius 2 is 1.56 bits per heavy atom. The van der Waals surface area contributed by atoms with Crippen LogP contribution >= 0.6 is 11.8 Å². The molecule has 0 aromatic heterocycles. The smallest absolute Gasteiger partial charge is 0.418 e. The number of ether oxygens (including phenoxy) is 2. The molecule has 2 amide bonds. The third-order valence-corrected chi connectivity index (χ3v) is 6.54. The first kappa shape index (κ1) is 26.9. The van der Waals surface area contributed by atoms with Gasteiger partial charge in [-0.3, -0.25) is 9.59 Å². The van der Waals surface area contributed by atoms with E-state index in [0.717, 1.165) is 6.07 Å². The fraction of sp³-hybridized carbons (Fsp3) is 0.231. The summed E-state index contributed by atoms with van der Waals surface area (Å²) in [6, 6.07) is 16.7. The lowest BCUT2D eigenvalue weighted by atomic mass is 10.1. The van der Waals surface area contributed by atoms with E-state index in [4.69, 9.17) is 9.47 Å². The zero-order valence-electron chi connectivity index (χ0n) is 19.8. The van der Waals surface area contributed by atoms with Crippen molar-refractivity contribution in [1.82, 2.24) is 0 Å². The Hall–Kier alpha value is -3.66. The topological polar surface area (TPSA) is 76.7 Å². The molecule has 0 aliphatic heterocycles. The molecule has 190 valence electrons. The van der Waals surface area contributed by atoms with Crippen molar-refractivity contribution in [3.8, 4) is 11.5 Å². The van der Waals surface area contributed by atoms with Gasteiger partial charge in [-0.2, -0.15) is 13.2 Å². The molecule has 0 saturated heterocycles. The third-order valence-electron chi connectivity index (χ3n) is 5.18. The number of benzene rings is 3. The quantitative estimate of drug-likeness (QED) is 0.317. The Morgan fingerprint density at radius 3 is 2.17 bits per heavy atom. The number of carbonyl (C=O) groups is 2. The SMILES string of the molecule is CCC(Sc1cccc(NC(=O)c2c(OC)cccc2OC)c1)C(=O)Nc1ccccc1C(F)(F)F. The Balaban J connectivity index is 1.75. The second-order valence-electron chi connectivity index (χ2n) is 7.57. The van der Waals surface area contributed by atoms with Crippen LogP contribution in [0.1, 0.15) is 29.3 Å². The number of rotatable bonds is 9. The van der Waals surface area contributed by atoms with E-state index < -0.39 is 28.8 Å². The summed E-state index contributed by atoms with van der Waals surface area (Å²) in [5, 5.41) is 4.54. The largest absolute Gasteiger partial charge is 0.496 e. The van der Waals surface area contributed by atoms with Gasteiger partial charge in [0.15, 0.2) is 0 Å². The van der Waals surface area contributed by atoms with E-state index in [1.807, 2.05) is 0 Å². The van der Waals surface area contributed by atoms with Crippen molar-refractivity contribution in [2.45, 2.75) is 29.7 Å². The molecule has 10 heteroatoms. The molecule has 0 saturated carbocycles. The van der Waals surface area contributed by atoms with Gasteiger partial charge in [-0.05, 0) is 48.9 Å². The zero-order valence-corrected chi connectivity index (χ0v) is 20.6. The van der Waals surface area contributed by atoms with Gasteiger partial charge >= 0.3 is 6.18 Å². The molecule has 1 atom stereocenters. The maximum atomic E-state index is 13.3. The molecular weight excluding hydrogens is 493 g/mol. The number of hydrogen-bond donors (Lipinski definition) is 2. The lowest BCUT2D eigenvalue weighted by Gasteiger charge is -2.18. The third kappa shape index (κ3) is 6.51. The first-order chi connectivity index (χ1) is 17.2. The number of para-hydroxylation sites is 1. The van der Waals surface area contributed by atoms with Crippen molar-refractivity contribution in [1.29, 1.82) is 0 Å². The Kier molecular flexibility index (Phi) is 8.87. The van der Waals surface area contributed by atoms with Gasteiger partial charge < -0.3 is 20.1 Å². The molecule has 0 fully saturated rings. The molecule has 0 spiro atoms. The fourth-order valence-electron chi connectivity index (χ4n) is 3.45. The second-order valence-corrected chi connectivity index (χ2v) is 8.84. The molecule has 3 aromatic carbocycles. The van der Waals surface area contributed by atoms with Gasteiger partial charge in [-0.15, -0.1) is 11.8 Å². The van der Waals surface area contributed by atoms with Gasteiger partial charge in [0, 0.05) is 10.6 Å². The maximum absolute atomic E-state index is 13.3. The molecule has 1 unspecified atom stereocenters. The summed E-state index contributed by atoms with van der Waals surface area (Å²) in [6.07, 6.45) is -4.21. The Bertz CT molecular complexity index is 1210. The predicted molar refractivity (Wildman–Crippen MR) is 134 cm³/mol. The molecule has 0 aliphatic carbocycles. The number of alkyl halides is 3. The van der Waals surface area contributed by atoms with E-state index in [-0.39, 0.29) is 11.3 Å². The average Bonchev–Trinajstić information content (AvgIpc) is 2.86. The summed E-state index contributed by atoms with van der Waals surface area (Å²) >= 11 is 1.19. The molecule has 0 bridgehead atoms. The number of carbonyl (C=O) groups excluding carboxylic acids is 2.